The number of aromatic nitrogens is 2. The summed E-state index contributed by atoms with van der Waals surface area (Å²) >= 11 is 6.62. The summed E-state index contributed by atoms with van der Waals surface area (Å²) in [6.07, 6.45) is -6.65. The fourth-order valence-electron chi connectivity index (χ4n) is 4.25. The van der Waals surface area contributed by atoms with Gasteiger partial charge in [0.1, 0.15) is 5.56 Å². The lowest BCUT2D eigenvalue weighted by Crippen LogP contribution is -2.37. The summed E-state index contributed by atoms with van der Waals surface area (Å²) in [5.41, 5.74) is 3.68. The minimum absolute atomic E-state index is 0.0193. The van der Waals surface area contributed by atoms with E-state index >= 15 is 0 Å². The number of aromatic carboxylic acids is 1. The van der Waals surface area contributed by atoms with E-state index < -0.39 is 58.4 Å². The molecule has 3 atom stereocenters. The number of carboxylic acids is 1. The first-order valence-corrected chi connectivity index (χ1v) is 11.2. The van der Waals surface area contributed by atoms with Crippen LogP contribution in [0.4, 0.5) is 33.5 Å². The number of rotatable bonds is 4. The number of halogens is 6. The summed E-state index contributed by atoms with van der Waals surface area (Å²) < 4.78 is 68.4. The van der Waals surface area contributed by atoms with E-state index in [4.69, 9.17) is 17.3 Å². The molecule has 4 rings (SSSR count). The standard InChI is InChI=1S/C21H17ClF5N4O4P/c22-13-14-8(3-12(36)15(13)30-2-1-7(5-30)17(33)21(25,26)27)16(32)9(20(34)35)6-31(14)19-11(24)4-10(23)18(28)29-19/h3-4,6-7,17,33H,1-2,5,36H2,(H2,28,29)(H,34,35). The van der Waals surface area contributed by atoms with Crippen LogP contribution >= 0.6 is 20.8 Å². The molecule has 0 aliphatic carbocycles. The van der Waals surface area contributed by atoms with Crippen molar-refractivity contribution in [1.82, 2.24) is 9.55 Å². The molecule has 3 unspecified atom stereocenters. The minimum atomic E-state index is -4.82. The van der Waals surface area contributed by atoms with Gasteiger partial charge in [-0.15, -0.1) is 9.24 Å². The summed E-state index contributed by atoms with van der Waals surface area (Å²) in [4.78, 5) is 29.7. The number of carboxylic acid groups (broad SMARTS) is 1. The van der Waals surface area contributed by atoms with Crippen LogP contribution in [0.3, 0.4) is 0 Å². The molecular formula is C21H17ClF5N4O4P. The van der Waals surface area contributed by atoms with E-state index in [1.54, 1.807) is 0 Å². The first-order chi connectivity index (χ1) is 16.7. The number of nitrogens with two attached hydrogens (primary N) is 1. The van der Waals surface area contributed by atoms with Gasteiger partial charge < -0.3 is 20.8 Å². The van der Waals surface area contributed by atoms with Gasteiger partial charge in [-0.1, -0.05) is 11.6 Å². The Morgan fingerprint density at radius 1 is 1.28 bits per heavy atom. The van der Waals surface area contributed by atoms with Crippen LogP contribution in [0, 0.1) is 17.6 Å². The van der Waals surface area contributed by atoms with Crippen molar-refractivity contribution < 1.29 is 37.0 Å². The molecule has 8 nitrogen and oxygen atoms in total. The molecular weight excluding hydrogens is 534 g/mol. The molecule has 1 fully saturated rings. The highest BCUT2D eigenvalue weighted by Crippen LogP contribution is 2.39. The van der Waals surface area contributed by atoms with Gasteiger partial charge in [0.2, 0.25) is 5.43 Å². The lowest BCUT2D eigenvalue weighted by molar-refractivity contribution is -0.217. The van der Waals surface area contributed by atoms with Gasteiger partial charge in [-0.3, -0.25) is 9.36 Å². The van der Waals surface area contributed by atoms with Crippen LogP contribution in [0.5, 0.6) is 0 Å². The van der Waals surface area contributed by atoms with Crippen molar-refractivity contribution in [1.29, 1.82) is 0 Å². The minimum Gasteiger partial charge on any atom is -0.477 e. The van der Waals surface area contributed by atoms with Crippen LogP contribution in [0.15, 0.2) is 23.1 Å². The molecule has 4 N–H and O–H groups in total. The van der Waals surface area contributed by atoms with Crippen molar-refractivity contribution in [3.63, 3.8) is 0 Å². The predicted octanol–water partition coefficient (Wildman–Crippen LogP) is 2.85. The van der Waals surface area contributed by atoms with E-state index in [1.807, 2.05) is 0 Å². The molecule has 36 heavy (non-hydrogen) atoms. The molecule has 1 aromatic carbocycles. The molecule has 192 valence electrons. The number of aliphatic hydroxyl groups excluding tert-OH is 1. The maximum absolute atomic E-state index is 14.7. The number of hydrogen-bond donors (Lipinski definition) is 3. The van der Waals surface area contributed by atoms with Gasteiger partial charge in [-0.2, -0.15) is 13.2 Å². The molecule has 1 aliphatic heterocycles. The topological polar surface area (TPSA) is 122 Å². The second kappa shape index (κ2) is 9.13. The van der Waals surface area contributed by atoms with Crippen molar-refractivity contribution in [2.75, 3.05) is 23.7 Å². The normalized spacial score (nSPS) is 17.1. The Labute approximate surface area is 206 Å². The summed E-state index contributed by atoms with van der Waals surface area (Å²) in [5, 5.41) is 18.9. The molecule has 1 saturated heterocycles. The molecule has 0 amide bonds. The Hall–Kier alpha value is -3.02. The Bertz CT molecular complexity index is 1470. The average Bonchev–Trinajstić information content (AvgIpc) is 3.25. The van der Waals surface area contributed by atoms with Crippen LogP contribution in [-0.2, 0) is 0 Å². The number of carbonyl (C=O) groups is 1. The molecule has 0 radical (unpaired) electrons. The second-order valence-electron chi connectivity index (χ2n) is 8.21. The molecule has 3 heterocycles. The lowest BCUT2D eigenvalue weighted by atomic mass is 10.0. The first-order valence-electron chi connectivity index (χ1n) is 10.2. The fraction of sp³-hybridized carbons (Fsp3) is 0.286. The van der Waals surface area contributed by atoms with Gasteiger partial charge >= 0.3 is 12.1 Å². The summed E-state index contributed by atoms with van der Waals surface area (Å²) in [7, 11) is 2.27. The highest BCUT2D eigenvalue weighted by molar-refractivity contribution is 7.28. The van der Waals surface area contributed by atoms with Gasteiger partial charge in [0.05, 0.1) is 16.2 Å². The Balaban J connectivity index is 1.98. The van der Waals surface area contributed by atoms with E-state index in [-0.39, 0.29) is 46.4 Å². The van der Waals surface area contributed by atoms with Crippen molar-refractivity contribution in [2.24, 2.45) is 5.92 Å². The quantitative estimate of drug-likeness (QED) is 0.337. The second-order valence-corrected chi connectivity index (χ2v) is 9.21. The molecule has 0 bridgehead atoms. The Morgan fingerprint density at radius 2 is 1.94 bits per heavy atom. The van der Waals surface area contributed by atoms with Gasteiger partial charge in [-0.25, -0.2) is 18.6 Å². The van der Waals surface area contributed by atoms with E-state index in [0.717, 1.165) is 10.8 Å². The number of anilines is 2. The van der Waals surface area contributed by atoms with Crippen molar-refractivity contribution in [2.45, 2.75) is 18.7 Å². The van der Waals surface area contributed by atoms with Crippen molar-refractivity contribution in [3.05, 3.63) is 50.8 Å². The zero-order chi connectivity index (χ0) is 26.7. The number of pyridine rings is 2. The molecule has 0 spiro atoms. The van der Waals surface area contributed by atoms with Crippen LogP contribution < -0.4 is 21.4 Å². The molecule has 1 aliphatic rings. The van der Waals surface area contributed by atoms with E-state index in [1.165, 1.54) is 11.0 Å². The monoisotopic (exact) mass is 550 g/mol. The number of nitrogen functional groups attached to an aromatic ring is 1. The van der Waals surface area contributed by atoms with Gasteiger partial charge in [-0.05, 0) is 17.8 Å². The number of hydrogen-bond acceptors (Lipinski definition) is 6. The highest BCUT2D eigenvalue weighted by Gasteiger charge is 2.46. The van der Waals surface area contributed by atoms with Crippen LogP contribution in [-0.4, -0.2) is 51.1 Å². The summed E-state index contributed by atoms with van der Waals surface area (Å²) in [6, 6.07) is 1.66. The maximum atomic E-state index is 14.7. The van der Waals surface area contributed by atoms with Crippen LogP contribution in [0.25, 0.3) is 16.7 Å². The lowest BCUT2D eigenvalue weighted by Gasteiger charge is -2.26. The number of nitrogens with zero attached hydrogens (tertiary/aromatic N) is 3. The number of aliphatic hydroxyl groups is 1. The zero-order valence-electron chi connectivity index (χ0n) is 18.0. The van der Waals surface area contributed by atoms with Crippen molar-refractivity contribution in [3.8, 4) is 5.82 Å². The third kappa shape index (κ3) is 4.35. The highest BCUT2D eigenvalue weighted by atomic mass is 35.5. The SMILES string of the molecule is Nc1nc(-n2cc(C(=O)O)c(=O)c3cc(P)c(N4CCC(C(O)C(F)(F)F)C4)c(Cl)c32)c(F)cc1F. The summed E-state index contributed by atoms with van der Waals surface area (Å²) in [5.74, 6) is -6.58. The van der Waals surface area contributed by atoms with E-state index in [2.05, 4.69) is 14.2 Å². The van der Waals surface area contributed by atoms with E-state index in [0.29, 0.717) is 6.07 Å². The van der Waals surface area contributed by atoms with Gasteiger partial charge in [0.15, 0.2) is 29.4 Å². The molecule has 3 aromatic rings. The summed E-state index contributed by atoms with van der Waals surface area (Å²) in [6.45, 7) is -0.168. The Morgan fingerprint density at radius 3 is 2.56 bits per heavy atom. The van der Waals surface area contributed by atoms with Gasteiger partial charge in [0.25, 0.3) is 0 Å². The smallest absolute Gasteiger partial charge is 0.414 e. The maximum Gasteiger partial charge on any atom is 0.414 e. The number of alkyl halides is 3. The van der Waals surface area contributed by atoms with Crippen LogP contribution in [0.1, 0.15) is 16.8 Å². The number of benzene rings is 1. The Kier molecular flexibility index (Phi) is 6.61. The largest absolute Gasteiger partial charge is 0.477 e. The zero-order valence-corrected chi connectivity index (χ0v) is 19.9. The van der Waals surface area contributed by atoms with Crippen LogP contribution in [0.2, 0.25) is 5.02 Å². The molecule has 0 saturated carbocycles. The predicted molar refractivity (Wildman–Crippen MR) is 125 cm³/mol. The molecule has 15 heteroatoms. The molecule has 2 aromatic heterocycles. The van der Waals surface area contributed by atoms with Crippen molar-refractivity contribution >= 4 is 54.5 Å². The first kappa shape index (κ1) is 26.1. The third-order valence-electron chi connectivity index (χ3n) is 5.95. The average molecular weight is 551 g/mol. The number of fused-ring (bicyclic) bond motifs is 1. The van der Waals surface area contributed by atoms with Gasteiger partial charge in [0, 0.05) is 36.7 Å². The third-order valence-corrected chi connectivity index (χ3v) is 6.75. The fourth-order valence-corrected chi connectivity index (χ4v) is 5.26. The van der Waals surface area contributed by atoms with E-state index in [9.17, 15) is 41.8 Å².